The van der Waals surface area contributed by atoms with Crippen LogP contribution in [0.15, 0.2) is 0 Å². The van der Waals surface area contributed by atoms with E-state index in [1.54, 1.807) is 11.8 Å². The summed E-state index contributed by atoms with van der Waals surface area (Å²) in [6.45, 7) is 6.01. The number of fused-ring (bicyclic) bond motifs is 1. The van der Waals surface area contributed by atoms with E-state index in [1.807, 2.05) is 6.92 Å². The van der Waals surface area contributed by atoms with E-state index in [0.717, 1.165) is 29.7 Å². The van der Waals surface area contributed by atoms with Crippen LogP contribution in [0.4, 0.5) is 5.00 Å². The van der Waals surface area contributed by atoms with Gasteiger partial charge < -0.3 is 16.0 Å². The minimum Gasteiger partial charge on any atom is -0.365 e. The van der Waals surface area contributed by atoms with Crippen molar-refractivity contribution >= 4 is 34.1 Å². The minimum atomic E-state index is -0.475. The van der Waals surface area contributed by atoms with Crippen molar-refractivity contribution in [3.63, 3.8) is 0 Å². The third-order valence-corrected chi connectivity index (χ3v) is 6.30. The van der Waals surface area contributed by atoms with E-state index in [9.17, 15) is 14.4 Å². The summed E-state index contributed by atoms with van der Waals surface area (Å²) in [4.78, 5) is 40.9. The van der Waals surface area contributed by atoms with Crippen molar-refractivity contribution in [1.29, 1.82) is 0 Å². The third-order valence-electron chi connectivity index (χ3n) is 5.09. The third kappa shape index (κ3) is 3.55. The Morgan fingerprint density at radius 3 is 2.44 bits per heavy atom. The average Bonchev–Trinajstić information content (AvgIpc) is 3.14. The van der Waals surface area contributed by atoms with Gasteiger partial charge in [-0.1, -0.05) is 0 Å². The molecule has 7 nitrogen and oxygen atoms in total. The van der Waals surface area contributed by atoms with Crippen LogP contribution in [0.2, 0.25) is 0 Å². The van der Waals surface area contributed by atoms with Crippen molar-refractivity contribution in [2.45, 2.75) is 39.2 Å². The van der Waals surface area contributed by atoms with Crippen LogP contribution in [-0.4, -0.2) is 59.7 Å². The van der Waals surface area contributed by atoms with E-state index in [2.05, 4.69) is 10.2 Å². The SMILES string of the molecule is CC(=O)N1CCN([C@H](C)C(=O)Nc2sc3c(c2C(N)=O)CCC3)CC1. The molecule has 1 aliphatic heterocycles. The lowest BCUT2D eigenvalue weighted by atomic mass is 10.1. The van der Waals surface area contributed by atoms with Gasteiger partial charge in [-0.25, -0.2) is 0 Å². The summed E-state index contributed by atoms with van der Waals surface area (Å²) in [5, 5.41) is 3.49. The Bertz CT molecular complexity index is 707. The molecular weight excluding hydrogens is 340 g/mol. The fraction of sp³-hybridized carbons (Fsp3) is 0.588. The number of carbonyl (C=O) groups excluding carboxylic acids is 3. The molecule has 3 N–H and O–H groups in total. The van der Waals surface area contributed by atoms with Crippen molar-refractivity contribution in [1.82, 2.24) is 9.80 Å². The molecule has 1 aromatic heterocycles. The van der Waals surface area contributed by atoms with Crippen LogP contribution < -0.4 is 11.1 Å². The smallest absolute Gasteiger partial charge is 0.251 e. The number of nitrogens with two attached hydrogens (primary N) is 1. The van der Waals surface area contributed by atoms with E-state index < -0.39 is 5.91 Å². The van der Waals surface area contributed by atoms with Crippen LogP contribution in [0.3, 0.4) is 0 Å². The van der Waals surface area contributed by atoms with Crippen molar-refractivity contribution in [2.75, 3.05) is 31.5 Å². The highest BCUT2D eigenvalue weighted by molar-refractivity contribution is 7.17. The van der Waals surface area contributed by atoms with Gasteiger partial charge in [0.2, 0.25) is 11.8 Å². The lowest BCUT2D eigenvalue weighted by Gasteiger charge is -2.36. The number of piperazine rings is 1. The van der Waals surface area contributed by atoms with E-state index in [1.165, 1.54) is 11.3 Å². The molecule has 25 heavy (non-hydrogen) atoms. The molecule has 0 bridgehead atoms. The molecule has 0 radical (unpaired) electrons. The first-order chi connectivity index (χ1) is 11.9. The van der Waals surface area contributed by atoms with E-state index in [4.69, 9.17) is 5.73 Å². The summed E-state index contributed by atoms with van der Waals surface area (Å²) >= 11 is 1.47. The fourth-order valence-corrected chi connectivity index (χ4v) is 4.86. The Kier molecular flexibility index (Phi) is 5.10. The highest BCUT2D eigenvalue weighted by Crippen LogP contribution is 2.38. The van der Waals surface area contributed by atoms with Crippen LogP contribution in [-0.2, 0) is 22.4 Å². The van der Waals surface area contributed by atoms with Crippen LogP contribution in [0.25, 0.3) is 0 Å². The van der Waals surface area contributed by atoms with E-state index in [-0.39, 0.29) is 17.9 Å². The van der Waals surface area contributed by atoms with Gasteiger partial charge in [0.15, 0.2) is 0 Å². The number of thiophene rings is 1. The molecule has 0 aromatic carbocycles. The first kappa shape index (κ1) is 17.9. The van der Waals surface area contributed by atoms with Gasteiger partial charge in [0.05, 0.1) is 11.6 Å². The molecule has 1 atom stereocenters. The Morgan fingerprint density at radius 1 is 1.16 bits per heavy atom. The zero-order valence-corrected chi connectivity index (χ0v) is 15.4. The molecule has 1 fully saturated rings. The summed E-state index contributed by atoms with van der Waals surface area (Å²) in [7, 11) is 0. The summed E-state index contributed by atoms with van der Waals surface area (Å²) in [5.41, 5.74) is 7.03. The average molecular weight is 364 g/mol. The number of primary amides is 1. The highest BCUT2D eigenvalue weighted by atomic mass is 32.1. The summed E-state index contributed by atoms with van der Waals surface area (Å²) < 4.78 is 0. The highest BCUT2D eigenvalue weighted by Gasteiger charge is 2.30. The molecule has 0 unspecified atom stereocenters. The second kappa shape index (κ2) is 7.13. The van der Waals surface area contributed by atoms with Gasteiger partial charge in [-0.3, -0.25) is 19.3 Å². The molecule has 1 aliphatic carbocycles. The predicted octanol–water partition coefficient (Wildman–Crippen LogP) is 0.827. The summed E-state index contributed by atoms with van der Waals surface area (Å²) in [5.74, 6) is -0.549. The van der Waals surface area contributed by atoms with E-state index >= 15 is 0 Å². The number of nitrogens with zero attached hydrogens (tertiary/aromatic N) is 2. The Balaban J connectivity index is 1.67. The zero-order valence-electron chi connectivity index (χ0n) is 14.6. The maximum absolute atomic E-state index is 12.7. The predicted molar refractivity (Wildman–Crippen MR) is 96.8 cm³/mol. The van der Waals surface area contributed by atoms with Gasteiger partial charge in [0.25, 0.3) is 5.91 Å². The molecule has 8 heteroatoms. The number of hydrogen-bond acceptors (Lipinski definition) is 5. The van der Waals surface area contributed by atoms with Crippen molar-refractivity contribution in [3.8, 4) is 0 Å². The van der Waals surface area contributed by atoms with Gasteiger partial charge >= 0.3 is 0 Å². The number of nitrogens with one attached hydrogen (secondary N) is 1. The van der Waals surface area contributed by atoms with Crippen LogP contribution >= 0.6 is 11.3 Å². The standard InChI is InChI=1S/C17H24N4O3S/c1-10(20-6-8-21(9-7-20)11(2)22)16(24)19-17-14(15(18)23)12-4-3-5-13(12)25-17/h10H,3-9H2,1-2H3,(H2,18,23)(H,19,24)/t10-/m1/s1. The zero-order chi connectivity index (χ0) is 18.1. The maximum Gasteiger partial charge on any atom is 0.251 e. The largest absolute Gasteiger partial charge is 0.365 e. The first-order valence-electron chi connectivity index (χ1n) is 8.63. The number of hydrogen-bond donors (Lipinski definition) is 2. The number of amides is 3. The molecule has 0 spiro atoms. The van der Waals surface area contributed by atoms with Crippen LogP contribution in [0, 0.1) is 0 Å². The molecule has 2 heterocycles. The number of carbonyl (C=O) groups is 3. The molecule has 3 amide bonds. The minimum absolute atomic E-state index is 0.0657. The second-order valence-electron chi connectivity index (χ2n) is 6.63. The fourth-order valence-electron chi connectivity index (χ4n) is 3.56. The molecule has 1 saturated heterocycles. The quantitative estimate of drug-likeness (QED) is 0.827. The van der Waals surface area contributed by atoms with Crippen molar-refractivity contribution < 1.29 is 14.4 Å². The van der Waals surface area contributed by atoms with Gasteiger partial charge in [-0.2, -0.15) is 0 Å². The lowest BCUT2D eigenvalue weighted by molar-refractivity contribution is -0.131. The number of anilines is 1. The normalized spacial score (nSPS) is 18.7. The Morgan fingerprint density at radius 2 is 1.84 bits per heavy atom. The topological polar surface area (TPSA) is 95.7 Å². The van der Waals surface area contributed by atoms with Crippen molar-refractivity contribution in [3.05, 3.63) is 16.0 Å². The lowest BCUT2D eigenvalue weighted by Crippen LogP contribution is -2.53. The van der Waals surface area contributed by atoms with Gasteiger partial charge in [0.1, 0.15) is 5.00 Å². The Hall–Kier alpha value is -1.93. The summed E-state index contributed by atoms with van der Waals surface area (Å²) in [6, 6.07) is -0.327. The monoisotopic (exact) mass is 364 g/mol. The first-order valence-corrected chi connectivity index (χ1v) is 9.45. The Labute approximate surface area is 151 Å². The number of rotatable bonds is 4. The molecule has 1 aromatic rings. The summed E-state index contributed by atoms with van der Waals surface area (Å²) in [6.07, 6.45) is 2.83. The molecule has 0 saturated carbocycles. The van der Waals surface area contributed by atoms with Gasteiger partial charge in [-0.15, -0.1) is 11.3 Å². The number of aryl methyl sites for hydroxylation is 1. The molecule has 136 valence electrons. The maximum atomic E-state index is 12.7. The molecular formula is C17H24N4O3S. The van der Waals surface area contributed by atoms with Gasteiger partial charge in [-0.05, 0) is 31.7 Å². The van der Waals surface area contributed by atoms with E-state index in [0.29, 0.717) is 36.7 Å². The second-order valence-corrected chi connectivity index (χ2v) is 7.74. The van der Waals surface area contributed by atoms with Crippen LogP contribution in [0.1, 0.15) is 41.1 Å². The molecule has 3 rings (SSSR count). The van der Waals surface area contributed by atoms with Gasteiger partial charge in [0, 0.05) is 38.0 Å². The molecule has 2 aliphatic rings. The van der Waals surface area contributed by atoms with Crippen LogP contribution in [0.5, 0.6) is 0 Å². The van der Waals surface area contributed by atoms with Crippen molar-refractivity contribution in [2.24, 2.45) is 5.73 Å².